The first-order valence-electron chi connectivity index (χ1n) is 9.90. The molecule has 0 N–H and O–H groups in total. The number of benzene rings is 2. The molecule has 0 radical (unpaired) electrons. The van der Waals surface area contributed by atoms with Gasteiger partial charge in [-0.05, 0) is 57.4 Å². The standard InChI is InChI=1S/C22H29BO6S/c1-8-30(24,25)16-10-11-17(20(14-16)27-7)18-13-15(9-12-19(18)26-6)23-28-21(2,3)22(4,5)29-23/h9-14H,8H2,1-7H3. The molecule has 1 fully saturated rings. The maximum Gasteiger partial charge on any atom is 0.494 e. The van der Waals surface area contributed by atoms with Crippen molar-refractivity contribution in [1.29, 1.82) is 0 Å². The molecule has 1 heterocycles. The highest BCUT2D eigenvalue weighted by Crippen LogP contribution is 2.39. The highest BCUT2D eigenvalue weighted by Gasteiger charge is 2.51. The molecule has 2 aromatic carbocycles. The molecule has 8 heteroatoms. The molecule has 6 nitrogen and oxygen atoms in total. The molecule has 0 bridgehead atoms. The van der Waals surface area contributed by atoms with Crippen molar-refractivity contribution in [2.75, 3.05) is 20.0 Å². The number of hydrogen-bond donors (Lipinski definition) is 0. The molecule has 3 rings (SSSR count). The van der Waals surface area contributed by atoms with E-state index in [0.717, 1.165) is 16.6 Å². The van der Waals surface area contributed by atoms with E-state index < -0.39 is 28.2 Å². The van der Waals surface area contributed by atoms with E-state index in [4.69, 9.17) is 18.8 Å². The number of methoxy groups -OCH3 is 2. The van der Waals surface area contributed by atoms with Gasteiger partial charge >= 0.3 is 7.12 Å². The zero-order chi connectivity index (χ0) is 22.3. The Balaban J connectivity index is 2.09. The van der Waals surface area contributed by atoms with Gasteiger partial charge in [0.25, 0.3) is 0 Å². The molecule has 0 spiro atoms. The van der Waals surface area contributed by atoms with E-state index in [9.17, 15) is 8.42 Å². The van der Waals surface area contributed by atoms with Gasteiger partial charge in [-0.3, -0.25) is 0 Å². The summed E-state index contributed by atoms with van der Waals surface area (Å²) in [5.74, 6) is 1.12. The van der Waals surface area contributed by atoms with Crippen molar-refractivity contribution in [2.45, 2.75) is 50.7 Å². The first-order valence-corrected chi connectivity index (χ1v) is 11.6. The van der Waals surface area contributed by atoms with Crippen molar-refractivity contribution in [3.63, 3.8) is 0 Å². The van der Waals surface area contributed by atoms with Gasteiger partial charge in [0.15, 0.2) is 9.84 Å². The van der Waals surface area contributed by atoms with Crippen molar-refractivity contribution in [1.82, 2.24) is 0 Å². The normalized spacial score (nSPS) is 17.8. The van der Waals surface area contributed by atoms with Gasteiger partial charge in [0.2, 0.25) is 0 Å². The van der Waals surface area contributed by atoms with Gasteiger partial charge in [-0.2, -0.15) is 0 Å². The van der Waals surface area contributed by atoms with E-state index in [1.165, 1.54) is 7.11 Å². The van der Waals surface area contributed by atoms with Gasteiger partial charge < -0.3 is 18.8 Å². The van der Waals surface area contributed by atoms with Gasteiger partial charge in [-0.1, -0.05) is 19.1 Å². The SMILES string of the molecule is CCS(=O)(=O)c1ccc(-c2cc(B3OC(C)(C)C(C)(C)O3)ccc2OC)c(OC)c1. The molecule has 162 valence electrons. The van der Waals surface area contributed by atoms with Crippen molar-refractivity contribution in [3.8, 4) is 22.6 Å². The van der Waals surface area contributed by atoms with Gasteiger partial charge in [-0.15, -0.1) is 0 Å². The summed E-state index contributed by atoms with van der Waals surface area (Å²) in [7, 11) is -0.754. The van der Waals surface area contributed by atoms with Crippen molar-refractivity contribution >= 4 is 22.4 Å². The molecule has 1 aliphatic rings. The Labute approximate surface area is 179 Å². The van der Waals surface area contributed by atoms with Gasteiger partial charge in [0.05, 0.1) is 36.1 Å². The molecule has 0 aliphatic carbocycles. The Morgan fingerprint density at radius 1 is 0.867 bits per heavy atom. The van der Waals surface area contributed by atoms with Crippen LogP contribution in [0.2, 0.25) is 0 Å². The molecule has 30 heavy (non-hydrogen) atoms. The lowest BCUT2D eigenvalue weighted by Crippen LogP contribution is -2.41. The molecule has 2 aromatic rings. The van der Waals surface area contributed by atoms with Crippen LogP contribution in [-0.2, 0) is 19.1 Å². The van der Waals surface area contributed by atoms with Crippen LogP contribution in [0.15, 0.2) is 41.3 Å². The van der Waals surface area contributed by atoms with Crippen LogP contribution >= 0.6 is 0 Å². The third kappa shape index (κ3) is 3.96. The number of sulfone groups is 1. The van der Waals surface area contributed by atoms with E-state index in [-0.39, 0.29) is 10.6 Å². The lowest BCUT2D eigenvalue weighted by atomic mass is 9.77. The minimum Gasteiger partial charge on any atom is -0.496 e. The van der Waals surface area contributed by atoms with E-state index in [0.29, 0.717) is 11.5 Å². The lowest BCUT2D eigenvalue weighted by Gasteiger charge is -2.32. The van der Waals surface area contributed by atoms with E-state index >= 15 is 0 Å². The van der Waals surface area contributed by atoms with E-state index in [1.54, 1.807) is 32.2 Å². The Morgan fingerprint density at radius 3 is 2.00 bits per heavy atom. The third-order valence-corrected chi connectivity index (χ3v) is 7.68. The summed E-state index contributed by atoms with van der Waals surface area (Å²) in [6, 6.07) is 10.6. The monoisotopic (exact) mass is 432 g/mol. The molecular weight excluding hydrogens is 403 g/mol. The summed E-state index contributed by atoms with van der Waals surface area (Å²) in [5, 5.41) is 0. The smallest absolute Gasteiger partial charge is 0.494 e. The molecule has 1 aliphatic heterocycles. The van der Waals surface area contributed by atoms with Gasteiger partial charge in [0, 0.05) is 11.1 Å². The molecular formula is C22H29BO6S. The van der Waals surface area contributed by atoms with Crippen molar-refractivity contribution < 1.29 is 27.2 Å². The molecule has 1 saturated heterocycles. The van der Waals surface area contributed by atoms with Crippen LogP contribution in [0.1, 0.15) is 34.6 Å². The lowest BCUT2D eigenvalue weighted by molar-refractivity contribution is 0.00578. The zero-order valence-corrected chi connectivity index (χ0v) is 19.4. The molecule has 0 unspecified atom stereocenters. The summed E-state index contributed by atoms with van der Waals surface area (Å²) in [6.07, 6.45) is 0. The first kappa shape index (κ1) is 22.7. The average molecular weight is 432 g/mol. The Bertz CT molecular complexity index is 1030. The van der Waals surface area contributed by atoms with Crippen LogP contribution in [0, 0.1) is 0 Å². The maximum absolute atomic E-state index is 12.3. The van der Waals surface area contributed by atoms with Crippen LogP contribution in [0.5, 0.6) is 11.5 Å². The largest absolute Gasteiger partial charge is 0.496 e. The average Bonchev–Trinajstić information content (AvgIpc) is 2.94. The highest BCUT2D eigenvalue weighted by atomic mass is 32.2. The third-order valence-electron chi connectivity index (χ3n) is 5.95. The number of ether oxygens (including phenoxy) is 2. The Kier molecular flexibility index (Phi) is 5.97. The fourth-order valence-electron chi connectivity index (χ4n) is 3.32. The minimum absolute atomic E-state index is 0.0240. The molecule has 0 amide bonds. The molecule has 0 aromatic heterocycles. The van der Waals surface area contributed by atoms with Crippen LogP contribution in [0.3, 0.4) is 0 Å². The fraction of sp³-hybridized carbons (Fsp3) is 0.455. The summed E-state index contributed by atoms with van der Waals surface area (Å²) in [5.41, 5.74) is 1.43. The summed E-state index contributed by atoms with van der Waals surface area (Å²) >= 11 is 0. The van der Waals surface area contributed by atoms with E-state index in [2.05, 4.69) is 0 Å². The maximum atomic E-state index is 12.3. The summed E-state index contributed by atoms with van der Waals surface area (Å²) in [4.78, 5) is 0.228. The summed E-state index contributed by atoms with van der Waals surface area (Å²) < 4.78 is 48.0. The highest BCUT2D eigenvalue weighted by molar-refractivity contribution is 7.91. The van der Waals surface area contributed by atoms with Gasteiger partial charge in [0.1, 0.15) is 11.5 Å². The first-order chi connectivity index (χ1) is 14.0. The Morgan fingerprint density at radius 2 is 1.47 bits per heavy atom. The number of rotatable bonds is 6. The van der Waals surface area contributed by atoms with Crippen molar-refractivity contribution in [2.24, 2.45) is 0 Å². The molecule has 0 atom stereocenters. The zero-order valence-electron chi connectivity index (χ0n) is 18.6. The predicted molar refractivity (Wildman–Crippen MR) is 118 cm³/mol. The van der Waals surface area contributed by atoms with Crippen LogP contribution in [-0.4, -0.2) is 46.7 Å². The minimum atomic E-state index is -3.34. The van der Waals surface area contributed by atoms with Gasteiger partial charge in [-0.25, -0.2) is 8.42 Å². The topological polar surface area (TPSA) is 71.1 Å². The van der Waals surface area contributed by atoms with Crippen LogP contribution in [0.4, 0.5) is 0 Å². The second-order valence-electron chi connectivity index (χ2n) is 8.31. The second kappa shape index (κ2) is 7.91. The predicted octanol–water partition coefficient (Wildman–Crippen LogP) is 3.46. The molecule has 0 saturated carbocycles. The second-order valence-corrected chi connectivity index (χ2v) is 10.6. The van der Waals surface area contributed by atoms with Crippen LogP contribution < -0.4 is 14.9 Å². The fourth-order valence-corrected chi connectivity index (χ4v) is 4.21. The van der Waals surface area contributed by atoms with Crippen LogP contribution in [0.25, 0.3) is 11.1 Å². The number of hydrogen-bond acceptors (Lipinski definition) is 6. The summed E-state index contributed by atoms with van der Waals surface area (Å²) in [6.45, 7) is 9.65. The Hall–Kier alpha value is -2.03. The van der Waals surface area contributed by atoms with E-state index in [1.807, 2.05) is 45.9 Å². The quantitative estimate of drug-likeness (QED) is 0.652. The van der Waals surface area contributed by atoms with Crippen molar-refractivity contribution in [3.05, 3.63) is 36.4 Å².